The Kier molecular flexibility index (Phi) is 2.62. The number of alkyl halides is 2. The predicted octanol–water partition coefficient (Wildman–Crippen LogP) is 2.67. The van der Waals surface area contributed by atoms with Crippen LogP contribution in [0.1, 0.15) is 17.7 Å². The van der Waals surface area contributed by atoms with Crippen LogP contribution in [-0.4, -0.2) is 4.98 Å². The maximum atomic E-state index is 12.2. The van der Waals surface area contributed by atoms with Crippen LogP contribution in [0.3, 0.4) is 0 Å². The Hall–Kier alpha value is -0.710. The smallest absolute Gasteiger partial charge is 0.280 e. The average molecular weight is 237 g/mol. The van der Waals surface area contributed by atoms with Crippen molar-refractivity contribution in [2.45, 2.75) is 13.3 Å². The number of aryl methyl sites for hydroxylation is 1. The molecule has 0 atom stereocenters. The molecule has 66 valence electrons. The lowest BCUT2D eigenvalue weighted by Gasteiger charge is -2.05. The first-order valence-electron chi connectivity index (χ1n) is 3.23. The highest BCUT2D eigenvalue weighted by Gasteiger charge is 2.13. The summed E-state index contributed by atoms with van der Waals surface area (Å²) in [6.07, 6.45) is -2.55. The number of anilines is 1. The van der Waals surface area contributed by atoms with E-state index >= 15 is 0 Å². The van der Waals surface area contributed by atoms with Crippen molar-refractivity contribution >= 4 is 21.6 Å². The van der Waals surface area contributed by atoms with Gasteiger partial charge in [0.2, 0.25) is 0 Å². The molecule has 0 amide bonds. The molecule has 0 fully saturated rings. The van der Waals surface area contributed by atoms with Crippen LogP contribution in [0.5, 0.6) is 0 Å². The second-order valence-electron chi connectivity index (χ2n) is 2.37. The molecule has 0 saturated heterocycles. The largest absolute Gasteiger partial charge is 0.397 e. The highest BCUT2D eigenvalue weighted by atomic mass is 79.9. The molecule has 1 heterocycles. The molecule has 0 radical (unpaired) electrons. The lowest BCUT2D eigenvalue weighted by molar-refractivity contribution is 0.145. The van der Waals surface area contributed by atoms with E-state index in [4.69, 9.17) is 5.73 Å². The molecule has 0 bridgehead atoms. The summed E-state index contributed by atoms with van der Waals surface area (Å²) in [4.78, 5) is 3.61. The van der Waals surface area contributed by atoms with Crippen LogP contribution in [0.2, 0.25) is 0 Å². The Morgan fingerprint density at radius 1 is 1.58 bits per heavy atom. The molecule has 0 aliphatic carbocycles. The summed E-state index contributed by atoms with van der Waals surface area (Å²) in [5, 5.41) is 0. The summed E-state index contributed by atoms with van der Waals surface area (Å²) in [5.74, 6) is 0. The average Bonchev–Trinajstić information content (AvgIpc) is 1.96. The van der Waals surface area contributed by atoms with Crippen molar-refractivity contribution in [1.29, 1.82) is 0 Å². The Morgan fingerprint density at radius 3 is 2.67 bits per heavy atom. The van der Waals surface area contributed by atoms with Gasteiger partial charge in [0.1, 0.15) is 10.3 Å². The Labute approximate surface area is 76.9 Å². The molecule has 0 unspecified atom stereocenters. The van der Waals surface area contributed by atoms with Crippen molar-refractivity contribution in [3.05, 3.63) is 21.9 Å². The van der Waals surface area contributed by atoms with Gasteiger partial charge in [0, 0.05) is 0 Å². The highest BCUT2D eigenvalue weighted by molar-refractivity contribution is 9.10. The summed E-state index contributed by atoms with van der Waals surface area (Å²) in [5.41, 5.74) is 5.99. The summed E-state index contributed by atoms with van der Waals surface area (Å²) < 4.78 is 24.7. The van der Waals surface area contributed by atoms with Crippen LogP contribution in [-0.2, 0) is 0 Å². The summed E-state index contributed by atoms with van der Waals surface area (Å²) in [6, 6.07) is 1.47. The molecule has 0 saturated carbocycles. The first kappa shape index (κ1) is 9.38. The van der Waals surface area contributed by atoms with Gasteiger partial charge in [0.25, 0.3) is 6.43 Å². The van der Waals surface area contributed by atoms with Gasteiger partial charge in [-0.25, -0.2) is 13.8 Å². The first-order valence-corrected chi connectivity index (χ1v) is 4.02. The van der Waals surface area contributed by atoms with Crippen molar-refractivity contribution < 1.29 is 8.78 Å². The van der Waals surface area contributed by atoms with Gasteiger partial charge < -0.3 is 5.73 Å². The van der Waals surface area contributed by atoms with Gasteiger partial charge in [-0.05, 0) is 34.5 Å². The fraction of sp³-hybridized carbons (Fsp3) is 0.286. The molecular weight excluding hydrogens is 230 g/mol. The fourth-order valence-electron chi connectivity index (χ4n) is 0.846. The number of halogens is 3. The Morgan fingerprint density at radius 2 is 2.17 bits per heavy atom. The van der Waals surface area contributed by atoms with Crippen LogP contribution >= 0.6 is 15.9 Å². The monoisotopic (exact) mass is 236 g/mol. The molecule has 1 aromatic rings. The van der Waals surface area contributed by atoms with Gasteiger partial charge in [-0.1, -0.05) is 0 Å². The molecule has 12 heavy (non-hydrogen) atoms. The predicted molar refractivity (Wildman–Crippen MR) is 46.0 cm³/mol. The van der Waals surface area contributed by atoms with E-state index in [0.29, 0.717) is 11.3 Å². The first-order chi connectivity index (χ1) is 5.52. The van der Waals surface area contributed by atoms with Crippen molar-refractivity contribution in [2.75, 3.05) is 5.73 Å². The Balaban J connectivity index is 3.23. The van der Waals surface area contributed by atoms with E-state index in [1.807, 2.05) is 0 Å². The van der Waals surface area contributed by atoms with E-state index in [-0.39, 0.29) is 10.3 Å². The standard InChI is InChI=1S/C7H7BrF2N2/c1-3-2-4(11)6(8)12-5(3)7(9)10/h2,7H,11H2,1H3. The molecular formula is C7H7BrF2N2. The van der Waals surface area contributed by atoms with Crippen molar-refractivity contribution in [3.8, 4) is 0 Å². The lowest BCUT2D eigenvalue weighted by atomic mass is 10.2. The third kappa shape index (κ3) is 1.72. The van der Waals surface area contributed by atoms with E-state index in [0.717, 1.165) is 0 Å². The topological polar surface area (TPSA) is 38.9 Å². The second kappa shape index (κ2) is 3.35. The molecule has 1 rings (SSSR count). The summed E-state index contributed by atoms with van der Waals surface area (Å²) >= 11 is 2.98. The summed E-state index contributed by atoms with van der Waals surface area (Å²) in [7, 11) is 0. The van der Waals surface area contributed by atoms with E-state index in [9.17, 15) is 8.78 Å². The zero-order valence-electron chi connectivity index (χ0n) is 6.31. The van der Waals surface area contributed by atoms with Crippen LogP contribution in [0.15, 0.2) is 10.7 Å². The second-order valence-corrected chi connectivity index (χ2v) is 3.12. The van der Waals surface area contributed by atoms with Gasteiger partial charge in [0.05, 0.1) is 5.69 Å². The van der Waals surface area contributed by atoms with Crippen molar-refractivity contribution in [3.63, 3.8) is 0 Å². The zero-order chi connectivity index (χ0) is 9.30. The minimum absolute atomic E-state index is 0.226. The number of rotatable bonds is 1. The van der Waals surface area contributed by atoms with Gasteiger partial charge in [0.15, 0.2) is 0 Å². The lowest BCUT2D eigenvalue weighted by Crippen LogP contribution is -1.98. The number of pyridine rings is 1. The number of nitrogens with two attached hydrogens (primary N) is 1. The summed E-state index contributed by atoms with van der Waals surface area (Å²) in [6.45, 7) is 1.55. The van der Waals surface area contributed by atoms with Crippen LogP contribution < -0.4 is 5.73 Å². The molecule has 1 aromatic heterocycles. The maximum Gasteiger partial charge on any atom is 0.280 e. The number of hydrogen-bond donors (Lipinski definition) is 1. The van der Waals surface area contributed by atoms with E-state index < -0.39 is 6.43 Å². The van der Waals surface area contributed by atoms with E-state index in [1.165, 1.54) is 6.07 Å². The van der Waals surface area contributed by atoms with Crippen LogP contribution in [0, 0.1) is 6.92 Å². The number of hydrogen-bond acceptors (Lipinski definition) is 2. The zero-order valence-corrected chi connectivity index (χ0v) is 7.90. The van der Waals surface area contributed by atoms with Crippen molar-refractivity contribution in [1.82, 2.24) is 4.98 Å². The number of aromatic nitrogens is 1. The molecule has 5 heteroatoms. The Bertz CT molecular complexity index is 302. The van der Waals surface area contributed by atoms with Gasteiger partial charge >= 0.3 is 0 Å². The molecule has 2 N–H and O–H groups in total. The van der Waals surface area contributed by atoms with Gasteiger partial charge in [-0.2, -0.15) is 0 Å². The molecule has 0 aliphatic heterocycles. The minimum atomic E-state index is -2.55. The van der Waals surface area contributed by atoms with Crippen LogP contribution in [0.25, 0.3) is 0 Å². The van der Waals surface area contributed by atoms with Gasteiger partial charge in [-0.15, -0.1) is 0 Å². The van der Waals surface area contributed by atoms with Crippen molar-refractivity contribution in [2.24, 2.45) is 0 Å². The SMILES string of the molecule is Cc1cc(N)c(Br)nc1C(F)F. The molecule has 0 aliphatic rings. The fourth-order valence-corrected chi connectivity index (χ4v) is 1.15. The quantitative estimate of drug-likeness (QED) is 0.762. The highest BCUT2D eigenvalue weighted by Crippen LogP contribution is 2.26. The third-order valence-corrected chi connectivity index (χ3v) is 2.07. The van der Waals surface area contributed by atoms with Gasteiger partial charge in [-0.3, -0.25) is 0 Å². The minimum Gasteiger partial charge on any atom is -0.397 e. The van der Waals surface area contributed by atoms with E-state index in [1.54, 1.807) is 6.92 Å². The maximum absolute atomic E-state index is 12.2. The normalized spacial score (nSPS) is 10.8. The van der Waals surface area contributed by atoms with E-state index in [2.05, 4.69) is 20.9 Å². The van der Waals surface area contributed by atoms with Crippen LogP contribution in [0.4, 0.5) is 14.5 Å². The molecule has 0 spiro atoms. The number of nitrogen functional groups attached to an aromatic ring is 1. The molecule has 2 nitrogen and oxygen atoms in total. The third-order valence-electron chi connectivity index (χ3n) is 1.44. The number of nitrogens with zero attached hydrogens (tertiary/aromatic N) is 1. The molecule has 0 aromatic carbocycles.